The molecule has 0 aliphatic heterocycles. The first-order chi connectivity index (χ1) is 15.6. The van der Waals surface area contributed by atoms with Gasteiger partial charge in [0.2, 0.25) is 11.8 Å². The number of nitrogens with zero attached hydrogens (tertiary/aromatic N) is 3. The summed E-state index contributed by atoms with van der Waals surface area (Å²) in [7, 11) is 2.66. The molecule has 0 aliphatic carbocycles. The number of nitrogens with one attached hydrogen (secondary N) is 1. The maximum Gasteiger partial charge on any atom is 0.333 e. The highest BCUT2D eigenvalue weighted by Gasteiger charge is 2.22. The van der Waals surface area contributed by atoms with Gasteiger partial charge in [-0.15, -0.1) is 0 Å². The lowest BCUT2D eigenvalue weighted by atomic mass is 10.1. The van der Waals surface area contributed by atoms with Crippen LogP contribution in [0.1, 0.15) is 16.7 Å². The highest BCUT2D eigenvalue weighted by atomic mass is 35.5. The molecule has 10 heteroatoms. The summed E-state index contributed by atoms with van der Waals surface area (Å²) in [5.41, 5.74) is 1.52. The van der Waals surface area contributed by atoms with E-state index in [1.807, 2.05) is 32.0 Å². The van der Waals surface area contributed by atoms with Crippen LogP contribution in [0.2, 0.25) is 5.02 Å². The maximum atomic E-state index is 12.8. The topological polar surface area (TPSA) is 106 Å². The number of rotatable bonds is 5. The Morgan fingerprint density at radius 2 is 1.76 bits per heavy atom. The van der Waals surface area contributed by atoms with E-state index in [2.05, 4.69) is 10.3 Å². The van der Waals surface area contributed by atoms with Crippen LogP contribution >= 0.6 is 23.4 Å². The predicted molar refractivity (Wildman–Crippen MR) is 133 cm³/mol. The number of anilines is 1. The third kappa shape index (κ3) is 5.55. The molecule has 8 nitrogen and oxygen atoms in total. The summed E-state index contributed by atoms with van der Waals surface area (Å²) in [5.74, 6) is -0.914. The Bertz CT molecular complexity index is 1360. The molecule has 0 unspecified atom stereocenters. The number of thioether (sulfide) groups is 1. The first-order valence-corrected chi connectivity index (χ1v) is 11.3. The van der Waals surface area contributed by atoms with Crippen LogP contribution in [0.3, 0.4) is 0 Å². The van der Waals surface area contributed by atoms with Crippen molar-refractivity contribution < 1.29 is 9.90 Å². The molecule has 2 aromatic carbocycles. The van der Waals surface area contributed by atoms with Gasteiger partial charge in [0, 0.05) is 24.8 Å². The lowest BCUT2D eigenvalue weighted by molar-refractivity contribution is -0.113. The van der Waals surface area contributed by atoms with E-state index in [1.54, 1.807) is 24.3 Å². The van der Waals surface area contributed by atoms with E-state index in [0.29, 0.717) is 16.4 Å². The molecule has 0 saturated heterocycles. The summed E-state index contributed by atoms with van der Waals surface area (Å²) in [6, 6.07) is 12.3. The smallest absolute Gasteiger partial charge is 0.333 e. The van der Waals surface area contributed by atoms with Gasteiger partial charge in [0.05, 0.1) is 11.4 Å². The van der Waals surface area contributed by atoms with Crippen molar-refractivity contribution in [3.05, 3.63) is 85.0 Å². The fraction of sp³-hybridized carbons (Fsp3) is 0.217. The number of aromatic nitrogens is 2. The molecular formula is C23H23ClN4O4S. The number of hydrogen-bond donors (Lipinski definition) is 2. The van der Waals surface area contributed by atoms with Crippen LogP contribution in [0.15, 0.2) is 57.0 Å². The molecule has 2 N–H and O–H groups in total. The molecule has 0 bridgehead atoms. The number of halogens is 1. The Kier molecular flexibility index (Phi) is 7.45. The second-order valence-electron chi connectivity index (χ2n) is 7.45. The van der Waals surface area contributed by atoms with Gasteiger partial charge in [0.1, 0.15) is 10.6 Å². The quantitative estimate of drug-likeness (QED) is 0.424. The van der Waals surface area contributed by atoms with Crippen LogP contribution in [0, 0.1) is 13.8 Å². The van der Waals surface area contributed by atoms with Crippen LogP contribution in [0.25, 0.3) is 0 Å². The van der Waals surface area contributed by atoms with Gasteiger partial charge in [0.15, 0.2) is 0 Å². The van der Waals surface area contributed by atoms with Crippen molar-refractivity contribution in [2.75, 3.05) is 11.1 Å². The van der Waals surface area contributed by atoms with Crippen LogP contribution < -0.4 is 16.6 Å². The SMILES string of the molecule is Cc1ccc(C)c(NC(=O)CSC(=Nc2ccc(Cl)cc2)c2c(O)n(C)c(=O)n(C)c2=O)c1. The highest BCUT2D eigenvalue weighted by Crippen LogP contribution is 2.25. The van der Waals surface area contributed by atoms with Gasteiger partial charge in [-0.1, -0.05) is 35.5 Å². The molecule has 3 aromatic rings. The van der Waals surface area contributed by atoms with E-state index in [-0.39, 0.29) is 22.3 Å². The minimum absolute atomic E-state index is 0.0781. The molecule has 1 aromatic heterocycles. The molecule has 0 spiro atoms. The Hall–Kier alpha value is -3.30. The average molecular weight is 487 g/mol. The lowest BCUT2D eigenvalue weighted by Gasteiger charge is -2.13. The van der Waals surface area contributed by atoms with Gasteiger partial charge in [-0.3, -0.25) is 18.7 Å². The number of aliphatic imine (C=N–C) groups is 1. The Balaban J connectivity index is 1.98. The second-order valence-corrected chi connectivity index (χ2v) is 8.85. The third-order valence-electron chi connectivity index (χ3n) is 4.91. The van der Waals surface area contributed by atoms with Crippen molar-refractivity contribution in [2.24, 2.45) is 19.1 Å². The molecular weight excluding hydrogens is 464 g/mol. The van der Waals surface area contributed by atoms with E-state index >= 15 is 0 Å². The fourth-order valence-electron chi connectivity index (χ4n) is 3.00. The summed E-state index contributed by atoms with van der Waals surface area (Å²) >= 11 is 6.92. The summed E-state index contributed by atoms with van der Waals surface area (Å²) in [6.45, 7) is 3.82. The van der Waals surface area contributed by atoms with E-state index in [0.717, 1.165) is 32.0 Å². The molecule has 172 valence electrons. The zero-order chi connectivity index (χ0) is 24.3. The van der Waals surface area contributed by atoms with Crippen LogP contribution in [0.4, 0.5) is 11.4 Å². The zero-order valence-corrected chi connectivity index (χ0v) is 20.1. The fourth-order valence-corrected chi connectivity index (χ4v) is 3.96. The molecule has 3 rings (SSSR count). The Morgan fingerprint density at radius 1 is 1.09 bits per heavy atom. The highest BCUT2D eigenvalue weighted by molar-refractivity contribution is 8.15. The number of hydrogen-bond acceptors (Lipinski definition) is 6. The first kappa shape index (κ1) is 24.3. The first-order valence-electron chi connectivity index (χ1n) is 9.92. The van der Waals surface area contributed by atoms with Gasteiger partial charge in [-0.2, -0.15) is 0 Å². The van der Waals surface area contributed by atoms with Crippen molar-refractivity contribution in [3.63, 3.8) is 0 Å². The molecule has 0 atom stereocenters. The third-order valence-corrected chi connectivity index (χ3v) is 6.14. The number of aryl methyl sites for hydroxylation is 2. The summed E-state index contributed by atoms with van der Waals surface area (Å²) in [4.78, 5) is 42.1. The van der Waals surface area contributed by atoms with Crippen LogP contribution in [0.5, 0.6) is 5.88 Å². The molecule has 0 saturated carbocycles. The Labute approximate surface area is 199 Å². The second kappa shape index (κ2) is 10.1. The number of carbonyl (C=O) groups is 1. The largest absolute Gasteiger partial charge is 0.494 e. The number of carbonyl (C=O) groups excluding carboxylic acids is 1. The van der Waals surface area contributed by atoms with Crippen LogP contribution in [-0.4, -0.2) is 30.9 Å². The predicted octanol–water partition coefficient (Wildman–Crippen LogP) is 3.51. The molecule has 1 amide bonds. The summed E-state index contributed by atoms with van der Waals surface area (Å²) in [6.07, 6.45) is 0. The molecule has 0 aliphatic rings. The van der Waals surface area contributed by atoms with Gasteiger partial charge in [-0.25, -0.2) is 9.79 Å². The number of amides is 1. The van der Waals surface area contributed by atoms with E-state index in [1.165, 1.54) is 14.1 Å². The van der Waals surface area contributed by atoms with Gasteiger partial charge in [-0.05, 0) is 55.3 Å². The van der Waals surface area contributed by atoms with E-state index < -0.39 is 17.1 Å². The van der Waals surface area contributed by atoms with E-state index in [9.17, 15) is 19.5 Å². The van der Waals surface area contributed by atoms with Gasteiger partial charge < -0.3 is 10.4 Å². The molecule has 33 heavy (non-hydrogen) atoms. The zero-order valence-electron chi connectivity index (χ0n) is 18.5. The van der Waals surface area contributed by atoms with Gasteiger partial charge in [0.25, 0.3) is 5.56 Å². The normalized spacial score (nSPS) is 11.5. The average Bonchev–Trinajstić information content (AvgIpc) is 2.78. The van der Waals surface area contributed by atoms with Crippen molar-refractivity contribution in [2.45, 2.75) is 13.8 Å². The van der Waals surface area contributed by atoms with Gasteiger partial charge >= 0.3 is 5.69 Å². The summed E-state index contributed by atoms with van der Waals surface area (Å²) in [5, 5.41) is 14.0. The molecule has 1 heterocycles. The maximum absolute atomic E-state index is 12.8. The van der Waals surface area contributed by atoms with Crippen molar-refractivity contribution in [1.29, 1.82) is 0 Å². The monoisotopic (exact) mass is 486 g/mol. The van der Waals surface area contributed by atoms with Crippen molar-refractivity contribution in [3.8, 4) is 5.88 Å². The van der Waals surface area contributed by atoms with E-state index in [4.69, 9.17) is 11.6 Å². The standard InChI is InChI=1S/C23H23ClN4O4S/c1-13-5-6-14(2)17(11-13)26-18(29)12-33-20(25-16-9-7-15(24)8-10-16)19-21(30)27(3)23(32)28(4)22(19)31/h5-11,30H,12H2,1-4H3,(H,26,29). The molecule has 0 fully saturated rings. The number of aromatic hydroxyl groups is 1. The molecule has 0 radical (unpaired) electrons. The summed E-state index contributed by atoms with van der Waals surface area (Å²) < 4.78 is 1.83. The number of benzene rings is 2. The van der Waals surface area contributed by atoms with Crippen molar-refractivity contribution >= 4 is 45.7 Å². The van der Waals surface area contributed by atoms with Crippen LogP contribution in [-0.2, 0) is 18.9 Å². The Morgan fingerprint density at radius 3 is 2.42 bits per heavy atom. The lowest BCUT2D eigenvalue weighted by Crippen LogP contribution is -2.39. The minimum Gasteiger partial charge on any atom is -0.494 e. The minimum atomic E-state index is -0.717. The van der Waals surface area contributed by atoms with Crippen molar-refractivity contribution in [1.82, 2.24) is 9.13 Å².